The van der Waals surface area contributed by atoms with Gasteiger partial charge in [-0.25, -0.2) is 5.84 Å². The predicted molar refractivity (Wildman–Crippen MR) is 47.4 cm³/mol. The molecule has 0 aliphatic rings. The van der Waals surface area contributed by atoms with E-state index in [4.69, 9.17) is 5.84 Å². The van der Waals surface area contributed by atoms with Gasteiger partial charge in [-0.15, -0.1) is 0 Å². The van der Waals surface area contributed by atoms with Crippen molar-refractivity contribution in [2.45, 2.75) is 26.7 Å². The Morgan fingerprint density at radius 3 is 2.54 bits per heavy atom. The van der Waals surface area contributed by atoms with Crippen LogP contribution in [0, 0.1) is 0 Å². The lowest BCUT2D eigenvalue weighted by atomic mass is 10.3. The number of rotatable bonds is 5. The molecule has 0 bridgehead atoms. The topological polar surface area (TPSA) is 72.6 Å². The Labute approximate surface area is 77.8 Å². The van der Waals surface area contributed by atoms with Gasteiger partial charge >= 0.3 is 5.97 Å². The van der Waals surface area contributed by atoms with Crippen LogP contribution < -0.4 is 5.84 Å². The zero-order chi connectivity index (χ0) is 10.3. The molecule has 0 heterocycles. The third-order valence-electron chi connectivity index (χ3n) is 1.47. The van der Waals surface area contributed by atoms with Gasteiger partial charge < -0.3 is 4.74 Å². The Balaban J connectivity index is 3.63. The van der Waals surface area contributed by atoms with Crippen LogP contribution in [0.25, 0.3) is 0 Å². The van der Waals surface area contributed by atoms with Crippen molar-refractivity contribution < 1.29 is 14.3 Å². The number of carbonyl (C=O) groups excluding carboxylic acids is 2. The number of nitrogens with two attached hydrogens (primary N) is 1. The molecule has 0 radical (unpaired) electrons. The van der Waals surface area contributed by atoms with Gasteiger partial charge in [0.25, 0.3) is 5.91 Å². The van der Waals surface area contributed by atoms with E-state index in [0.29, 0.717) is 6.54 Å². The summed E-state index contributed by atoms with van der Waals surface area (Å²) in [7, 11) is 0. The van der Waals surface area contributed by atoms with Crippen LogP contribution in [0.2, 0.25) is 0 Å². The van der Waals surface area contributed by atoms with Gasteiger partial charge in [-0.05, 0) is 6.42 Å². The third kappa shape index (κ3) is 6.10. The maximum absolute atomic E-state index is 11.1. The summed E-state index contributed by atoms with van der Waals surface area (Å²) in [6.07, 6.45) is 1.82. The highest BCUT2D eigenvalue weighted by molar-refractivity contribution is 5.79. The highest BCUT2D eigenvalue weighted by Crippen LogP contribution is 1.90. The van der Waals surface area contributed by atoms with Crippen molar-refractivity contribution in [3.8, 4) is 0 Å². The molecule has 0 fully saturated rings. The number of hydrogen-bond donors (Lipinski definition) is 1. The molecule has 0 atom stereocenters. The number of amides is 1. The van der Waals surface area contributed by atoms with Gasteiger partial charge in [-0.3, -0.25) is 14.6 Å². The van der Waals surface area contributed by atoms with Crippen molar-refractivity contribution in [2.75, 3.05) is 13.2 Å². The molecular weight excluding hydrogens is 172 g/mol. The summed E-state index contributed by atoms with van der Waals surface area (Å²) < 4.78 is 4.49. The first kappa shape index (κ1) is 11.9. The van der Waals surface area contributed by atoms with E-state index < -0.39 is 5.97 Å². The van der Waals surface area contributed by atoms with Crippen LogP contribution in [-0.2, 0) is 14.3 Å². The summed E-state index contributed by atoms with van der Waals surface area (Å²) in [5.74, 6) is 4.54. The Kier molecular flexibility index (Phi) is 5.88. The molecule has 0 unspecified atom stereocenters. The SMILES string of the molecule is CCCCN(N)C(=O)COC(C)=O. The molecule has 76 valence electrons. The van der Waals surface area contributed by atoms with Crippen LogP contribution >= 0.6 is 0 Å². The molecule has 5 nitrogen and oxygen atoms in total. The second kappa shape index (κ2) is 6.42. The number of nitrogens with zero attached hydrogens (tertiary/aromatic N) is 1. The van der Waals surface area contributed by atoms with E-state index in [-0.39, 0.29) is 12.5 Å². The van der Waals surface area contributed by atoms with Gasteiger partial charge in [0.15, 0.2) is 6.61 Å². The first-order valence-corrected chi connectivity index (χ1v) is 4.26. The van der Waals surface area contributed by atoms with E-state index in [1.807, 2.05) is 6.92 Å². The lowest BCUT2D eigenvalue weighted by molar-refractivity contribution is -0.150. The largest absolute Gasteiger partial charge is 0.456 e. The van der Waals surface area contributed by atoms with Crippen LogP contribution in [-0.4, -0.2) is 30.0 Å². The van der Waals surface area contributed by atoms with E-state index in [9.17, 15) is 9.59 Å². The summed E-state index contributed by atoms with van der Waals surface area (Å²) in [4.78, 5) is 21.4. The highest BCUT2D eigenvalue weighted by atomic mass is 16.5. The number of ether oxygens (including phenoxy) is 1. The molecule has 5 heteroatoms. The van der Waals surface area contributed by atoms with Gasteiger partial charge in [-0.1, -0.05) is 13.3 Å². The summed E-state index contributed by atoms with van der Waals surface area (Å²) >= 11 is 0. The molecule has 0 aliphatic heterocycles. The van der Waals surface area contributed by atoms with E-state index in [0.717, 1.165) is 17.9 Å². The number of hydrogen-bond acceptors (Lipinski definition) is 4. The minimum absolute atomic E-state index is 0.268. The molecule has 0 spiro atoms. The van der Waals surface area contributed by atoms with E-state index >= 15 is 0 Å². The minimum atomic E-state index is -0.475. The van der Waals surface area contributed by atoms with Crippen molar-refractivity contribution in [1.29, 1.82) is 0 Å². The highest BCUT2D eigenvalue weighted by Gasteiger charge is 2.09. The van der Waals surface area contributed by atoms with Crippen molar-refractivity contribution in [3.63, 3.8) is 0 Å². The summed E-state index contributed by atoms with van der Waals surface area (Å²) in [5.41, 5.74) is 0. The maximum Gasteiger partial charge on any atom is 0.303 e. The first-order chi connectivity index (χ1) is 6.07. The zero-order valence-electron chi connectivity index (χ0n) is 8.08. The van der Waals surface area contributed by atoms with Gasteiger partial charge in [0.2, 0.25) is 0 Å². The molecule has 1 amide bonds. The van der Waals surface area contributed by atoms with Crippen LogP contribution in [0.4, 0.5) is 0 Å². The van der Waals surface area contributed by atoms with Crippen LogP contribution in [0.3, 0.4) is 0 Å². The molecule has 13 heavy (non-hydrogen) atoms. The standard InChI is InChI=1S/C8H16N2O3/c1-3-4-5-10(9)8(12)6-13-7(2)11/h3-6,9H2,1-2H3. The van der Waals surface area contributed by atoms with Gasteiger partial charge in [0.1, 0.15) is 0 Å². The molecule has 0 aromatic carbocycles. The molecule has 2 N–H and O–H groups in total. The fraction of sp³-hybridized carbons (Fsp3) is 0.750. The Hall–Kier alpha value is -1.10. The zero-order valence-corrected chi connectivity index (χ0v) is 8.08. The van der Waals surface area contributed by atoms with E-state index in [2.05, 4.69) is 4.74 Å². The smallest absolute Gasteiger partial charge is 0.303 e. The average molecular weight is 188 g/mol. The van der Waals surface area contributed by atoms with Crippen LogP contribution in [0.5, 0.6) is 0 Å². The van der Waals surface area contributed by atoms with Crippen molar-refractivity contribution >= 4 is 11.9 Å². The van der Waals surface area contributed by atoms with Gasteiger partial charge in [0, 0.05) is 13.5 Å². The lowest BCUT2D eigenvalue weighted by Gasteiger charge is -2.15. The van der Waals surface area contributed by atoms with E-state index in [1.165, 1.54) is 6.92 Å². The Bertz CT molecular complexity index is 182. The fourth-order valence-electron chi connectivity index (χ4n) is 0.699. The van der Waals surface area contributed by atoms with Crippen molar-refractivity contribution in [1.82, 2.24) is 5.01 Å². The van der Waals surface area contributed by atoms with Crippen LogP contribution in [0.1, 0.15) is 26.7 Å². The van der Waals surface area contributed by atoms with Crippen molar-refractivity contribution in [2.24, 2.45) is 5.84 Å². The van der Waals surface area contributed by atoms with Gasteiger partial charge in [0.05, 0.1) is 0 Å². The molecule has 0 aliphatic carbocycles. The van der Waals surface area contributed by atoms with Crippen LogP contribution in [0.15, 0.2) is 0 Å². The van der Waals surface area contributed by atoms with Gasteiger partial charge in [-0.2, -0.15) is 0 Å². The molecular formula is C8H16N2O3. The van der Waals surface area contributed by atoms with E-state index in [1.54, 1.807) is 0 Å². The third-order valence-corrected chi connectivity index (χ3v) is 1.47. The number of unbranched alkanes of at least 4 members (excludes halogenated alkanes) is 1. The molecule has 0 aromatic heterocycles. The monoisotopic (exact) mass is 188 g/mol. The predicted octanol–water partition coefficient (Wildman–Crippen LogP) is 0.0519. The normalized spacial score (nSPS) is 9.46. The summed E-state index contributed by atoms with van der Waals surface area (Å²) in [5, 5.41) is 1.08. The minimum Gasteiger partial charge on any atom is -0.456 e. The Morgan fingerprint density at radius 1 is 1.46 bits per heavy atom. The number of esters is 1. The lowest BCUT2D eigenvalue weighted by Crippen LogP contribution is -2.40. The quantitative estimate of drug-likeness (QED) is 0.286. The second-order valence-electron chi connectivity index (χ2n) is 2.72. The summed E-state index contributed by atoms with van der Waals surface area (Å²) in [6.45, 7) is 3.48. The summed E-state index contributed by atoms with van der Waals surface area (Å²) in [6, 6.07) is 0. The second-order valence-corrected chi connectivity index (χ2v) is 2.72. The molecule has 0 aromatic rings. The van der Waals surface area contributed by atoms with Crippen molar-refractivity contribution in [3.05, 3.63) is 0 Å². The first-order valence-electron chi connectivity index (χ1n) is 4.26. The maximum atomic E-state index is 11.1. The molecule has 0 saturated carbocycles. The number of hydrazine groups is 1. The fourth-order valence-corrected chi connectivity index (χ4v) is 0.699. The average Bonchev–Trinajstić information content (AvgIpc) is 2.10. The molecule has 0 saturated heterocycles. The molecule has 0 rings (SSSR count). The number of carbonyl (C=O) groups is 2. The Morgan fingerprint density at radius 2 is 2.08 bits per heavy atom.